The molecule has 0 bridgehead atoms. The molecule has 1 aliphatic carbocycles. The normalized spacial score (nSPS) is 22.8. The summed E-state index contributed by atoms with van der Waals surface area (Å²) < 4.78 is 46.3. The summed E-state index contributed by atoms with van der Waals surface area (Å²) in [7, 11) is 1.39. The molecule has 3 aliphatic heterocycles. The highest BCUT2D eigenvalue weighted by Crippen LogP contribution is 2.54. The number of esters is 1. The first-order chi connectivity index (χ1) is 23.6. The van der Waals surface area contributed by atoms with Gasteiger partial charge in [0.15, 0.2) is 6.10 Å². The maximum absolute atomic E-state index is 14.6. The van der Waals surface area contributed by atoms with E-state index in [0.717, 1.165) is 28.7 Å². The van der Waals surface area contributed by atoms with E-state index in [-0.39, 0.29) is 54.9 Å². The van der Waals surface area contributed by atoms with E-state index in [0.29, 0.717) is 55.2 Å². The average Bonchev–Trinajstić information content (AvgIpc) is 3.64. The number of ether oxygens (including phenoxy) is 3. The standard InChI is InChI=1S/C35H38ClF2N5O6/c1-41-30(32(37)38)25(39-40-41)19-48-27-10-9-24(36)22-11-14-43(26(29(22)27)17-42-20-35(12-13-35)16-28(42)44)33(45)23-8-5-15-47-31(23)34(46)49-18-21-6-3-2-4-7-21/h2-4,6-7,9-10,23,26,31-32H,5,8,11-20H2,1H3/t23-,26-,31+/m1/s1. The Kier molecular flexibility index (Phi) is 9.31. The van der Waals surface area contributed by atoms with Crippen LogP contribution in [0.1, 0.15) is 72.6 Å². The molecule has 11 nitrogen and oxygen atoms in total. The van der Waals surface area contributed by atoms with E-state index in [1.54, 1.807) is 21.9 Å². The highest BCUT2D eigenvalue weighted by Gasteiger charge is 2.53. The first-order valence-corrected chi connectivity index (χ1v) is 17.0. The summed E-state index contributed by atoms with van der Waals surface area (Å²) in [6, 6.07) is 11.9. The summed E-state index contributed by atoms with van der Waals surface area (Å²) in [4.78, 5) is 44.8. The fourth-order valence-corrected chi connectivity index (χ4v) is 7.70. The zero-order chi connectivity index (χ0) is 34.3. The Morgan fingerprint density at radius 3 is 2.67 bits per heavy atom. The van der Waals surface area contributed by atoms with E-state index in [4.69, 9.17) is 25.8 Å². The molecule has 0 radical (unpaired) electrons. The number of hydrogen-bond donors (Lipinski definition) is 0. The number of carbonyl (C=O) groups excluding carboxylic acids is 3. The van der Waals surface area contributed by atoms with Gasteiger partial charge in [-0.2, -0.15) is 0 Å². The Hall–Kier alpha value is -4.10. The summed E-state index contributed by atoms with van der Waals surface area (Å²) in [5.74, 6) is -1.33. The van der Waals surface area contributed by atoms with E-state index in [2.05, 4.69) is 10.3 Å². The second-order valence-electron chi connectivity index (χ2n) is 13.5. The van der Waals surface area contributed by atoms with Gasteiger partial charge in [-0.3, -0.25) is 9.59 Å². The maximum Gasteiger partial charge on any atom is 0.336 e. The van der Waals surface area contributed by atoms with Gasteiger partial charge in [-0.05, 0) is 60.8 Å². The molecule has 1 spiro atoms. The first-order valence-electron chi connectivity index (χ1n) is 16.7. The van der Waals surface area contributed by atoms with Crippen LogP contribution in [0, 0.1) is 11.3 Å². The molecule has 7 rings (SSSR count). The lowest BCUT2D eigenvalue weighted by molar-refractivity contribution is -0.173. The fraction of sp³-hybridized carbons (Fsp3) is 0.514. The number of alkyl halides is 2. The van der Waals surface area contributed by atoms with Gasteiger partial charge in [0.25, 0.3) is 6.43 Å². The summed E-state index contributed by atoms with van der Waals surface area (Å²) in [6.45, 7) is 1.16. The first kappa shape index (κ1) is 33.4. The van der Waals surface area contributed by atoms with Crippen LogP contribution in [-0.4, -0.2) is 74.9 Å². The topological polar surface area (TPSA) is 116 Å². The molecule has 3 atom stereocenters. The minimum absolute atomic E-state index is 0.0110. The Balaban J connectivity index is 1.19. The Morgan fingerprint density at radius 1 is 1.14 bits per heavy atom. The van der Waals surface area contributed by atoms with Gasteiger partial charge in [-0.15, -0.1) is 5.10 Å². The number of rotatable bonds is 10. The van der Waals surface area contributed by atoms with Crippen molar-refractivity contribution in [2.75, 3.05) is 26.2 Å². The third kappa shape index (κ3) is 6.74. The number of hydrogen-bond acceptors (Lipinski definition) is 8. The monoisotopic (exact) mass is 697 g/mol. The molecule has 4 aliphatic rings. The lowest BCUT2D eigenvalue weighted by atomic mass is 9.87. The van der Waals surface area contributed by atoms with Crippen LogP contribution in [0.3, 0.4) is 0 Å². The molecule has 14 heteroatoms. The zero-order valence-electron chi connectivity index (χ0n) is 27.2. The molecule has 1 aromatic heterocycles. The summed E-state index contributed by atoms with van der Waals surface area (Å²) in [5, 5.41) is 8.10. The molecular weight excluding hydrogens is 660 g/mol. The van der Waals surface area contributed by atoms with Crippen molar-refractivity contribution in [3.05, 3.63) is 75.6 Å². The van der Waals surface area contributed by atoms with Crippen LogP contribution in [0.4, 0.5) is 8.78 Å². The van der Waals surface area contributed by atoms with Crippen LogP contribution in [-0.2, 0) is 50.5 Å². The van der Waals surface area contributed by atoms with E-state index in [1.165, 1.54) is 7.05 Å². The number of likely N-dealkylation sites (tertiary alicyclic amines) is 1. The maximum atomic E-state index is 14.6. The molecule has 3 fully saturated rings. The number of nitrogens with zero attached hydrogens (tertiary/aromatic N) is 5. The molecular formula is C35H38ClF2N5O6. The highest BCUT2D eigenvalue weighted by molar-refractivity contribution is 6.31. The van der Waals surface area contributed by atoms with Gasteiger partial charge in [0, 0.05) is 50.3 Å². The number of carbonyl (C=O) groups is 3. The predicted molar refractivity (Wildman–Crippen MR) is 171 cm³/mol. The van der Waals surface area contributed by atoms with Crippen LogP contribution in [0.5, 0.6) is 5.75 Å². The minimum atomic E-state index is -2.81. The van der Waals surface area contributed by atoms with Crippen molar-refractivity contribution in [1.82, 2.24) is 24.8 Å². The number of amides is 2. The molecule has 2 saturated heterocycles. The lowest BCUT2D eigenvalue weighted by Gasteiger charge is -2.43. The molecule has 2 aromatic carbocycles. The van der Waals surface area contributed by atoms with Gasteiger partial charge >= 0.3 is 5.97 Å². The van der Waals surface area contributed by atoms with Crippen LogP contribution in [0.15, 0.2) is 42.5 Å². The fourth-order valence-electron chi connectivity index (χ4n) is 7.44. The number of fused-ring (bicyclic) bond motifs is 1. The highest BCUT2D eigenvalue weighted by atomic mass is 35.5. The van der Waals surface area contributed by atoms with Crippen molar-refractivity contribution in [2.24, 2.45) is 18.4 Å². The van der Waals surface area contributed by atoms with Crippen LogP contribution in [0.2, 0.25) is 5.02 Å². The third-order valence-electron chi connectivity index (χ3n) is 10.2. The van der Waals surface area contributed by atoms with Crippen molar-refractivity contribution >= 4 is 29.4 Å². The predicted octanol–water partition coefficient (Wildman–Crippen LogP) is 4.96. The second kappa shape index (κ2) is 13.7. The quantitative estimate of drug-likeness (QED) is 0.273. The molecule has 49 heavy (non-hydrogen) atoms. The summed E-state index contributed by atoms with van der Waals surface area (Å²) in [5.41, 5.74) is 1.81. The Labute approximate surface area is 287 Å². The molecule has 0 unspecified atom stereocenters. The molecule has 1 saturated carbocycles. The lowest BCUT2D eigenvalue weighted by Crippen LogP contribution is -2.52. The van der Waals surface area contributed by atoms with Gasteiger partial charge in [-0.1, -0.05) is 47.1 Å². The van der Waals surface area contributed by atoms with Crippen LogP contribution >= 0.6 is 11.6 Å². The minimum Gasteiger partial charge on any atom is -0.487 e. The molecule has 4 heterocycles. The Bertz CT molecular complexity index is 1730. The van der Waals surface area contributed by atoms with Crippen molar-refractivity contribution in [3.8, 4) is 5.75 Å². The van der Waals surface area contributed by atoms with Gasteiger partial charge < -0.3 is 24.0 Å². The second-order valence-corrected chi connectivity index (χ2v) is 13.9. The smallest absolute Gasteiger partial charge is 0.336 e. The van der Waals surface area contributed by atoms with Gasteiger partial charge in [0.2, 0.25) is 11.8 Å². The van der Waals surface area contributed by atoms with Crippen molar-refractivity contribution < 1.29 is 37.4 Å². The molecule has 260 valence electrons. The molecule has 3 aromatic rings. The van der Waals surface area contributed by atoms with E-state index in [9.17, 15) is 23.2 Å². The van der Waals surface area contributed by atoms with Crippen molar-refractivity contribution in [3.63, 3.8) is 0 Å². The average molecular weight is 698 g/mol. The number of halogens is 3. The van der Waals surface area contributed by atoms with E-state index < -0.39 is 30.5 Å². The summed E-state index contributed by atoms with van der Waals surface area (Å²) >= 11 is 6.75. The third-order valence-corrected chi connectivity index (χ3v) is 10.6. The number of benzene rings is 2. The zero-order valence-corrected chi connectivity index (χ0v) is 27.9. The summed E-state index contributed by atoms with van der Waals surface area (Å²) in [6.07, 6.45) is -0.0651. The van der Waals surface area contributed by atoms with Crippen molar-refractivity contribution in [2.45, 2.75) is 70.3 Å². The number of aryl methyl sites for hydroxylation is 1. The van der Waals surface area contributed by atoms with Crippen LogP contribution < -0.4 is 4.74 Å². The van der Waals surface area contributed by atoms with Gasteiger partial charge in [-0.25, -0.2) is 18.3 Å². The van der Waals surface area contributed by atoms with Crippen molar-refractivity contribution in [1.29, 1.82) is 0 Å². The van der Waals surface area contributed by atoms with E-state index >= 15 is 0 Å². The largest absolute Gasteiger partial charge is 0.487 e. The molecule has 0 N–H and O–H groups in total. The van der Waals surface area contributed by atoms with E-state index in [1.807, 2.05) is 30.3 Å². The molecule has 2 amide bonds. The van der Waals surface area contributed by atoms with Gasteiger partial charge in [0.1, 0.15) is 30.4 Å². The van der Waals surface area contributed by atoms with Crippen LogP contribution in [0.25, 0.3) is 0 Å². The SMILES string of the molecule is Cn1nnc(COc2ccc(Cl)c3c2[C@@H](CN2CC4(CC4)CC2=O)N(C(=O)[C@@H]2CCCO[C@@H]2C(=O)OCc2ccccc2)CC3)c1C(F)F. The Morgan fingerprint density at radius 2 is 1.94 bits per heavy atom. The number of aromatic nitrogens is 3. The van der Waals surface area contributed by atoms with Gasteiger partial charge in [0.05, 0.1) is 12.0 Å².